The van der Waals surface area contributed by atoms with E-state index in [9.17, 15) is 13.2 Å². The second kappa shape index (κ2) is 7.99. The lowest BCUT2D eigenvalue weighted by Gasteiger charge is -2.16. The summed E-state index contributed by atoms with van der Waals surface area (Å²) < 4.78 is 47.2. The zero-order chi connectivity index (χ0) is 15.0. The Morgan fingerprint density at radius 1 is 1.20 bits per heavy atom. The van der Waals surface area contributed by atoms with Gasteiger partial charge in [-0.25, -0.2) is 0 Å². The number of alkyl halides is 3. The van der Waals surface area contributed by atoms with Gasteiger partial charge in [-0.05, 0) is 26.5 Å². The van der Waals surface area contributed by atoms with E-state index in [0.29, 0.717) is 24.7 Å². The highest BCUT2D eigenvalue weighted by atomic mass is 19.4. The molecule has 0 aliphatic rings. The summed E-state index contributed by atoms with van der Waals surface area (Å²) in [6.07, 6.45) is -5.05. The Bertz CT molecular complexity index is 384. The molecule has 0 heterocycles. The average Bonchev–Trinajstić information content (AvgIpc) is 2.36. The maximum absolute atomic E-state index is 12.1. The molecule has 0 aliphatic carbocycles. The summed E-state index contributed by atoms with van der Waals surface area (Å²) in [4.78, 5) is 0. The van der Waals surface area contributed by atoms with Crippen molar-refractivity contribution in [3.63, 3.8) is 0 Å². The maximum atomic E-state index is 12.1. The van der Waals surface area contributed by atoms with Gasteiger partial charge in [-0.3, -0.25) is 0 Å². The number of rotatable bonds is 8. The molecule has 1 aromatic carbocycles. The summed E-state index contributed by atoms with van der Waals surface area (Å²) in [6, 6.07) is 5.44. The number of benzene rings is 1. The van der Waals surface area contributed by atoms with Crippen LogP contribution < -0.4 is 14.8 Å². The maximum Gasteiger partial charge on any atom is 0.389 e. The molecule has 0 aliphatic heterocycles. The van der Waals surface area contributed by atoms with Crippen LogP contribution in [0.25, 0.3) is 0 Å². The van der Waals surface area contributed by atoms with Gasteiger partial charge in [0.05, 0.1) is 13.2 Å². The fourth-order valence-corrected chi connectivity index (χ4v) is 1.77. The minimum atomic E-state index is -4.14. The number of hydrogen-bond donors (Lipinski definition) is 1. The highest BCUT2D eigenvalue weighted by Gasteiger charge is 2.26. The lowest BCUT2D eigenvalue weighted by molar-refractivity contribution is -0.136. The molecule has 0 radical (unpaired) electrons. The van der Waals surface area contributed by atoms with E-state index in [1.165, 1.54) is 0 Å². The highest BCUT2D eigenvalue weighted by molar-refractivity contribution is 5.46. The predicted octanol–water partition coefficient (Wildman–Crippen LogP) is 3.53. The summed E-state index contributed by atoms with van der Waals surface area (Å²) in [5.74, 6) is 1.08. The Morgan fingerprint density at radius 3 is 2.55 bits per heavy atom. The van der Waals surface area contributed by atoms with Crippen LogP contribution in [0.2, 0.25) is 0 Å². The normalized spacial score (nSPS) is 11.4. The fourth-order valence-electron chi connectivity index (χ4n) is 1.77. The van der Waals surface area contributed by atoms with E-state index in [1.807, 2.05) is 19.1 Å². The van der Waals surface area contributed by atoms with Crippen LogP contribution in [-0.4, -0.2) is 26.4 Å². The van der Waals surface area contributed by atoms with E-state index >= 15 is 0 Å². The molecule has 1 rings (SSSR count). The van der Waals surface area contributed by atoms with Crippen molar-refractivity contribution in [2.24, 2.45) is 0 Å². The molecule has 0 saturated carbocycles. The van der Waals surface area contributed by atoms with Gasteiger partial charge in [0, 0.05) is 18.5 Å². The van der Waals surface area contributed by atoms with Crippen LogP contribution in [0.4, 0.5) is 13.2 Å². The first-order valence-electron chi connectivity index (χ1n) is 6.56. The van der Waals surface area contributed by atoms with Gasteiger partial charge in [-0.15, -0.1) is 0 Å². The monoisotopic (exact) mass is 291 g/mol. The van der Waals surface area contributed by atoms with Crippen LogP contribution in [0, 0.1) is 0 Å². The van der Waals surface area contributed by atoms with Crippen molar-refractivity contribution in [1.29, 1.82) is 0 Å². The Labute approximate surface area is 117 Å². The van der Waals surface area contributed by atoms with Gasteiger partial charge < -0.3 is 14.8 Å². The molecule has 0 unspecified atom stereocenters. The number of para-hydroxylation sites is 1. The first-order valence-corrected chi connectivity index (χ1v) is 6.56. The standard InChI is InChI=1S/C14H20F3NO2/c1-3-19-12-7-4-6-11(10-18-2)13(12)20-9-5-8-14(15,16)17/h4,6-7,18H,3,5,8-10H2,1-2H3. The van der Waals surface area contributed by atoms with E-state index in [0.717, 1.165) is 5.56 Å². The third-order valence-corrected chi connectivity index (χ3v) is 2.58. The summed E-state index contributed by atoms with van der Waals surface area (Å²) in [7, 11) is 1.79. The molecule has 114 valence electrons. The van der Waals surface area contributed by atoms with E-state index in [4.69, 9.17) is 9.47 Å². The minimum absolute atomic E-state index is 0.0142. The summed E-state index contributed by atoms with van der Waals surface area (Å²) in [5, 5.41) is 2.99. The minimum Gasteiger partial charge on any atom is -0.490 e. The number of nitrogens with one attached hydrogen (secondary N) is 1. The summed E-state index contributed by atoms with van der Waals surface area (Å²) in [5.41, 5.74) is 0.866. The fraction of sp³-hybridized carbons (Fsp3) is 0.571. The van der Waals surface area contributed by atoms with E-state index in [1.54, 1.807) is 13.1 Å². The molecular formula is C14H20F3NO2. The van der Waals surface area contributed by atoms with Crippen LogP contribution in [0.15, 0.2) is 18.2 Å². The summed E-state index contributed by atoms with van der Waals surface area (Å²) in [6.45, 7) is 2.90. The van der Waals surface area contributed by atoms with Gasteiger partial charge in [0.25, 0.3) is 0 Å². The van der Waals surface area contributed by atoms with E-state index < -0.39 is 12.6 Å². The molecule has 0 amide bonds. The molecule has 0 bridgehead atoms. The van der Waals surface area contributed by atoms with Crippen molar-refractivity contribution in [3.8, 4) is 11.5 Å². The molecule has 1 N–H and O–H groups in total. The molecule has 0 aromatic heterocycles. The van der Waals surface area contributed by atoms with Crippen molar-refractivity contribution in [2.45, 2.75) is 32.5 Å². The van der Waals surface area contributed by atoms with Gasteiger partial charge in [0.2, 0.25) is 0 Å². The zero-order valence-electron chi connectivity index (χ0n) is 11.7. The van der Waals surface area contributed by atoms with E-state index in [2.05, 4.69) is 5.32 Å². The second-order valence-corrected chi connectivity index (χ2v) is 4.27. The molecule has 1 aromatic rings. The van der Waals surface area contributed by atoms with E-state index in [-0.39, 0.29) is 13.0 Å². The second-order valence-electron chi connectivity index (χ2n) is 4.27. The summed E-state index contributed by atoms with van der Waals surface area (Å²) >= 11 is 0. The number of ether oxygens (including phenoxy) is 2. The van der Waals surface area contributed by atoms with Crippen molar-refractivity contribution < 1.29 is 22.6 Å². The quantitative estimate of drug-likeness (QED) is 0.743. The lowest BCUT2D eigenvalue weighted by atomic mass is 10.2. The third-order valence-electron chi connectivity index (χ3n) is 2.58. The average molecular weight is 291 g/mol. The predicted molar refractivity (Wildman–Crippen MR) is 71.2 cm³/mol. The first kappa shape index (κ1) is 16.6. The smallest absolute Gasteiger partial charge is 0.389 e. The third kappa shape index (κ3) is 5.69. The van der Waals surface area contributed by atoms with Crippen LogP contribution >= 0.6 is 0 Å². The SMILES string of the molecule is CCOc1cccc(CNC)c1OCCCC(F)(F)F. The molecule has 0 fully saturated rings. The van der Waals surface area contributed by atoms with Gasteiger partial charge in [0.1, 0.15) is 0 Å². The van der Waals surface area contributed by atoms with Crippen molar-refractivity contribution in [3.05, 3.63) is 23.8 Å². The zero-order valence-corrected chi connectivity index (χ0v) is 11.7. The molecule has 0 atom stereocenters. The molecule has 0 spiro atoms. The van der Waals surface area contributed by atoms with Gasteiger partial charge in [0.15, 0.2) is 11.5 Å². The molecule has 0 saturated heterocycles. The van der Waals surface area contributed by atoms with Crippen LogP contribution in [-0.2, 0) is 6.54 Å². The Kier molecular flexibility index (Phi) is 6.64. The molecule has 20 heavy (non-hydrogen) atoms. The van der Waals surface area contributed by atoms with Gasteiger partial charge >= 0.3 is 6.18 Å². The van der Waals surface area contributed by atoms with Crippen LogP contribution in [0.5, 0.6) is 11.5 Å². The molecule has 3 nitrogen and oxygen atoms in total. The Morgan fingerprint density at radius 2 is 1.95 bits per heavy atom. The Balaban J connectivity index is 2.69. The van der Waals surface area contributed by atoms with Crippen molar-refractivity contribution >= 4 is 0 Å². The number of hydrogen-bond acceptors (Lipinski definition) is 3. The molecule has 6 heteroatoms. The largest absolute Gasteiger partial charge is 0.490 e. The first-order chi connectivity index (χ1) is 9.48. The van der Waals surface area contributed by atoms with Crippen molar-refractivity contribution in [1.82, 2.24) is 5.32 Å². The van der Waals surface area contributed by atoms with Crippen molar-refractivity contribution in [2.75, 3.05) is 20.3 Å². The van der Waals surface area contributed by atoms with Crippen LogP contribution in [0.3, 0.4) is 0 Å². The topological polar surface area (TPSA) is 30.5 Å². The molecular weight excluding hydrogens is 271 g/mol. The number of halogens is 3. The van der Waals surface area contributed by atoms with Crippen LogP contribution in [0.1, 0.15) is 25.3 Å². The van der Waals surface area contributed by atoms with Gasteiger partial charge in [-0.1, -0.05) is 12.1 Å². The Hall–Kier alpha value is -1.43. The highest BCUT2D eigenvalue weighted by Crippen LogP contribution is 2.32. The lowest BCUT2D eigenvalue weighted by Crippen LogP contribution is -2.12. The van der Waals surface area contributed by atoms with Gasteiger partial charge in [-0.2, -0.15) is 13.2 Å².